The number of aromatic nitrogens is 2. The normalized spacial score (nSPS) is 12.9. The van der Waals surface area contributed by atoms with Gasteiger partial charge in [-0.15, -0.1) is 0 Å². The van der Waals surface area contributed by atoms with Crippen LogP contribution in [0.25, 0.3) is 16.6 Å². The molecule has 3 aromatic carbocycles. The molecule has 0 spiro atoms. The maximum absolute atomic E-state index is 14.4. The molecule has 34 heavy (non-hydrogen) atoms. The molecular formula is C24H18FN3O5S. The van der Waals surface area contributed by atoms with Crippen molar-refractivity contribution in [3.8, 4) is 11.4 Å². The number of fused-ring (bicyclic) bond motifs is 2. The van der Waals surface area contributed by atoms with E-state index < -0.39 is 10.7 Å². The number of benzene rings is 3. The van der Waals surface area contributed by atoms with Gasteiger partial charge in [0.2, 0.25) is 0 Å². The standard InChI is InChI=1S/C24H18FN3O5S/c1-14-6-7-17(10-20(14)25)27-23(29)19-4-2-3-5-21(19)26-24(27)34-12-16-9-18(28(30)31)8-15-11-32-13-33-22(15)16/h2-10H,11-13H2,1H3. The molecule has 0 aliphatic carbocycles. The van der Waals surface area contributed by atoms with Crippen LogP contribution in [0.15, 0.2) is 64.5 Å². The van der Waals surface area contributed by atoms with E-state index in [1.165, 1.54) is 34.5 Å². The third-order valence-corrected chi connectivity index (χ3v) is 6.49. The molecule has 0 saturated heterocycles. The number of halogens is 1. The zero-order valence-electron chi connectivity index (χ0n) is 18.0. The van der Waals surface area contributed by atoms with E-state index in [9.17, 15) is 19.3 Å². The van der Waals surface area contributed by atoms with Crippen LogP contribution in [0.3, 0.4) is 0 Å². The molecule has 1 aromatic heterocycles. The molecule has 10 heteroatoms. The number of ether oxygens (including phenoxy) is 2. The van der Waals surface area contributed by atoms with Gasteiger partial charge in [-0.25, -0.2) is 9.37 Å². The smallest absolute Gasteiger partial charge is 0.270 e. The quantitative estimate of drug-likeness (QED) is 0.174. The highest BCUT2D eigenvalue weighted by molar-refractivity contribution is 7.98. The second-order valence-electron chi connectivity index (χ2n) is 7.74. The number of thioether (sulfide) groups is 1. The summed E-state index contributed by atoms with van der Waals surface area (Å²) >= 11 is 1.21. The topological polar surface area (TPSA) is 96.5 Å². The molecule has 2 heterocycles. The molecule has 0 bridgehead atoms. The molecule has 0 fully saturated rings. The number of nitro benzene ring substituents is 1. The van der Waals surface area contributed by atoms with Crippen LogP contribution < -0.4 is 10.3 Å². The van der Waals surface area contributed by atoms with E-state index in [1.807, 2.05) is 0 Å². The summed E-state index contributed by atoms with van der Waals surface area (Å²) in [6.45, 7) is 1.89. The maximum atomic E-state index is 14.4. The molecule has 0 N–H and O–H groups in total. The third-order valence-electron chi connectivity index (χ3n) is 5.50. The molecule has 1 aliphatic heterocycles. The van der Waals surface area contributed by atoms with Crippen molar-refractivity contribution in [2.75, 3.05) is 6.79 Å². The van der Waals surface area contributed by atoms with Crippen molar-refractivity contribution < 1.29 is 18.8 Å². The van der Waals surface area contributed by atoms with Crippen LogP contribution in [0, 0.1) is 22.9 Å². The van der Waals surface area contributed by atoms with Crippen molar-refractivity contribution in [2.24, 2.45) is 0 Å². The molecule has 5 rings (SSSR count). The molecule has 4 aromatic rings. The van der Waals surface area contributed by atoms with Gasteiger partial charge in [0, 0.05) is 29.0 Å². The van der Waals surface area contributed by atoms with E-state index >= 15 is 0 Å². The Morgan fingerprint density at radius 2 is 2.03 bits per heavy atom. The molecule has 172 valence electrons. The van der Waals surface area contributed by atoms with Gasteiger partial charge in [0.15, 0.2) is 11.9 Å². The largest absolute Gasteiger partial charge is 0.467 e. The summed E-state index contributed by atoms with van der Waals surface area (Å²) in [5.74, 6) is 0.332. The van der Waals surface area contributed by atoms with Gasteiger partial charge in [-0.1, -0.05) is 30.0 Å². The second-order valence-corrected chi connectivity index (χ2v) is 8.68. The Morgan fingerprint density at radius 3 is 2.82 bits per heavy atom. The van der Waals surface area contributed by atoms with Crippen molar-refractivity contribution in [3.63, 3.8) is 0 Å². The van der Waals surface area contributed by atoms with E-state index in [4.69, 9.17) is 9.47 Å². The van der Waals surface area contributed by atoms with Gasteiger partial charge in [-0.2, -0.15) is 0 Å². The van der Waals surface area contributed by atoms with Gasteiger partial charge in [-0.3, -0.25) is 19.5 Å². The zero-order chi connectivity index (χ0) is 23.8. The summed E-state index contributed by atoms with van der Waals surface area (Å²) < 4.78 is 26.6. The molecule has 0 saturated carbocycles. The number of nitrogens with zero attached hydrogens (tertiary/aromatic N) is 3. The van der Waals surface area contributed by atoms with Crippen LogP contribution in [0.2, 0.25) is 0 Å². The highest BCUT2D eigenvalue weighted by Gasteiger charge is 2.22. The Kier molecular flexibility index (Phi) is 5.76. The number of nitro groups is 1. The van der Waals surface area contributed by atoms with Crippen LogP contribution in [0.1, 0.15) is 16.7 Å². The summed E-state index contributed by atoms with van der Waals surface area (Å²) in [6.07, 6.45) is 0. The minimum absolute atomic E-state index is 0.0457. The molecule has 0 amide bonds. The SMILES string of the molecule is Cc1ccc(-n2c(SCc3cc([N+](=O)[O-])cc4c3OCOC4)nc3ccccc3c2=O)cc1F. The van der Waals surface area contributed by atoms with Crippen LogP contribution in [0.5, 0.6) is 5.75 Å². The van der Waals surface area contributed by atoms with Crippen molar-refractivity contribution in [3.05, 3.63) is 97.6 Å². The molecule has 0 atom stereocenters. The fourth-order valence-corrected chi connectivity index (χ4v) is 4.77. The monoisotopic (exact) mass is 479 g/mol. The summed E-state index contributed by atoms with van der Waals surface area (Å²) in [5.41, 5.74) is 2.07. The van der Waals surface area contributed by atoms with Crippen molar-refractivity contribution >= 4 is 28.4 Å². The Labute approximate surface area is 197 Å². The molecule has 0 unspecified atom stereocenters. The summed E-state index contributed by atoms with van der Waals surface area (Å²) in [4.78, 5) is 29.0. The van der Waals surface area contributed by atoms with Crippen LogP contribution in [-0.2, 0) is 17.1 Å². The maximum Gasteiger partial charge on any atom is 0.270 e. The number of hydrogen-bond donors (Lipinski definition) is 0. The lowest BCUT2D eigenvalue weighted by molar-refractivity contribution is -0.385. The zero-order valence-corrected chi connectivity index (χ0v) is 18.8. The first-order chi connectivity index (χ1) is 16.4. The molecule has 1 aliphatic rings. The van der Waals surface area contributed by atoms with Gasteiger partial charge in [0.05, 0.1) is 28.1 Å². The fourth-order valence-electron chi connectivity index (χ4n) is 3.79. The third kappa shape index (κ3) is 4.02. The summed E-state index contributed by atoms with van der Waals surface area (Å²) in [6, 6.07) is 14.4. The number of non-ortho nitro benzene ring substituents is 1. The Morgan fingerprint density at radius 1 is 1.21 bits per heavy atom. The fraction of sp³-hybridized carbons (Fsp3) is 0.167. The Balaban J connectivity index is 1.62. The van der Waals surface area contributed by atoms with Gasteiger partial charge < -0.3 is 9.47 Å². The lowest BCUT2D eigenvalue weighted by Gasteiger charge is -2.20. The van der Waals surface area contributed by atoms with E-state index in [-0.39, 0.29) is 30.4 Å². The molecule has 8 nitrogen and oxygen atoms in total. The van der Waals surface area contributed by atoms with E-state index in [0.29, 0.717) is 44.2 Å². The van der Waals surface area contributed by atoms with Crippen molar-refractivity contribution in [1.29, 1.82) is 0 Å². The van der Waals surface area contributed by atoms with E-state index in [1.54, 1.807) is 43.3 Å². The lowest BCUT2D eigenvalue weighted by atomic mass is 10.1. The van der Waals surface area contributed by atoms with Crippen LogP contribution >= 0.6 is 11.8 Å². The van der Waals surface area contributed by atoms with Gasteiger partial charge in [-0.05, 0) is 36.8 Å². The first kappa shape index (κ1) is 22.1. The van der Waals surface area contributed by atoms with Crippen molar-refractivity contribution in [2.45, 2.75) is 24.4 Å². The highest BCUT2D eigenvalue weighted by atomic mass is 32.2. The number of hydrogen-bond acceptors (Lipinski definition) is 7. The second kappa shape index (κ2) is 8.88. The number of rotatable bonds is 5. The minimum atomic E-state index is -0.470. The van der Waals surface area contributed by atoms with Gasteiger partial charge >= 0.3 is 0 Å². The Bertz CT molecular complexity index is 1500. The number of para-hydroxylation sites is 1. The first-order valence-corrected chi connectivity index (χ1v) is 11.3. The average Bonchev–Trinajstić information content (AvgIpc) is 2.84. The minimum Gasteiger partial charge on any atom is -0.467 e. The van der Waals surface area contributed by atoms with Gasteiger partial charge in [0.1, 0.15) is 11.6 Å². The van der Waals surface area contributed by atoms with Gasteiger partial charge in [0.25, 0.3) is 11.2 Å². The number of aryl methyl sites for hydroxylation is 1. The lowest BCUT2D eigenvalue weighted by Crippen LogP contribution is -2.22. The predicted octanol–water partition coefficient (Wildman–Crippen LogP) is 4.90. The van der Waals surface area contributed by atoms with Crippen molar-refractivity contribution in [1.82, 2.24) is 9.55 Å². The molecular weight excluding hydrogens is 461 g/mol. The first-order valence-electron chi connectivity index (χ1n) is 10.3. The highest BCUT2D eigenvalue weighted by Crippen LogP contribution is 2.36. The van der Waals surface area contributed by atoms with Crippen LogP contribution in [-0.4, -0.2) is 21.3 Å². The average molecular weight is 479 g/mol. The van der Waals surface area contributed by atoms with Crippen LogP contribution in [0.4, 0.5) is 10.1 Å². The summed E-state index contributed by atoms with van der Waals surface area (Å²) in [5, 5.41) is 12.2. The predicted molar refractivity (Wildman–Crippen MR) is 125 cm³/mol. The van der Waals surface area contributed by atoms with E-state index in [0.717, 1.165) is 0 Å². The Hall–Kier alpha value is -3.76. The molecule has 0 radical (unpaired) electrons. The summed E-state index contributed by atoms with van der Waals surface area (Å²) in [7, 11) is 0. The van der Waals surface area contributed by atoms with E-state index in [2.05, 4.69) is 4.98 Å².